The second-order valence-electron chi connectivity index (χ2n) is 4.89. The molecule has 6 heteroatoms. The van der Waals surface area contributed by atoms with Crippen LogP contribution in [-0.4, -0.2) is 26.2 Å². The fraction of sp³-hybridized carbons (Fsp3) is 0.538. The van der Waals surface area contributed by atoms with E-state index >= 15 is 0 Å². The number of nitrogens with one attached hydrogen (secondary N) is 1. The molecule has 0 bridgehead atoms. The van der Waals surface area contributed by atoms with Crippen LogP contribution in [0, 0.1) is 11.7 Å². The van der Waals surface area contributed by atoms with Crippen molar-refractivity contribution in [3.8, 4) is 0 Å². The molecule has 2 atom stereocenters. The van der Waals surface area contributed by atoms with Gasteiger partial charge in [-0.2, -0.15) is 0 Å². The van der Waals surface area contributed by atoms with Crippen LogP contribution in [0.3, 0.4) is 0 Å². The van der Waals surface area contributed by atoms with Gasteiger partial charge in [0.05, 0.1) is 0 Å². The maximum absolute atomic E-state index is 13.5. The Labute approximate surface area is 112 Å². The van der Waals surface area contributed by atoms with Gasteiger partial charge in [0.25, 0.3) is 0 Å². The van der Waals surface area contributed by atoms with Crippen molar-refractivity contribution in [2.45, 2.75) is 36.6 Å². The standard InChI is InChI=1S/C13H18FNO3S/c14-11-6-2-4-8-13(11)19(17,18)15-12-7-3-1-5-10(12)9-16/h2,4,6,8,10,12,15-16H,1,3,5,7,9H2. The molecule has 1 aromatic carbocycles. The summed E-state index contributed by atoms with van der Waals surface area (Å²) >= 11 is 0. The van der Waals surface area contributed by atoms with Crippen molar-refractivity contribution >= 4 is 10.0 Å². The summed E-state index contributed by atoms with van der Waals surface area (Å²) in [4.78, 5) is -0.336. The SMILES string of the molecule is O=S(=O)(NC1CCCCC1CO)c1ccccc1F. The van der Waals surface area contributed by atoms with Crippen LogP contribution in [-0.2, 0) is 10.0 Å². The average molecular weight is 287 g/mol. The molecule has 19 heavy (non-hydrogen) atoms. The maximum Gasteiger partial charge on any atom is 0.243 e. The summed E-state index contributed by atoms with van der Waals surface area (Å²) in [5, 5.41) is 9.27. The highest BCUT2D eigenvalue weighted by atomic mass is 32.2. The Morgan fingerprint density at radius 2 is 1.95 bits per heavy atom. The Morgan fingerprint density at radius 1 is 1.26 bits per heavy atom. The highest BCUT2D eigenvalue weighted by molar-refractivity contribution is 7.89. The molecule has 1 fully saturated rings. The first-order valence-corrected chi connectivity index (χ1v) is 7.90. The highest BCUT2D eigenvalue weighted by Crippen LogP contribution is 2.25. The van der Waals surface area contributed by atoms with Crippen molar-refractivity contribution in [3.05, 3.63) is 30.1 Å². The van der Waals surface area contributed by atoms with Gasteiger partial charge >= 0.3 is 0 Å². The molecule has 0 radical (unpaired) electrons. The van der Waals surface area contributed by atoms with Crippen LogP contribution in [0.2, 0.25) is 0 Å². The summed E-state index contributed by atoms with van der Waals surface area (Å²) in [6.07, 6.45) is 3.38. The molecule has 2 N–H and O–H groups in total. The number of sulfonamides is 1. The fourth-order valence-electron chi connectivity index (χ4n) is 2.51. The molecule has 4 nitrogen and oxygen atoms in total. The largest absolute Gasteiger partial charge is 0.396 e. The van der Waals surface area contributed by atoms with Crippen molar-refractivity contribution < 1.29 is 17.9 Å². The van der Waals surface area contributed by atoms with Crippen LogP contribution in [0.5, 0.6) is 0 Å². The maximum atomic E-state index is 13.5. The number of rotatable bonds is 4. The van der Waals surface area contributed by atoms with Gasteiger partial charge in [0.2, 0.25) is 10.0 Å². The number of hydrogen-bond acceptors (Lipinski definition) is 3. The average Bonchev–Trinajstić information content (AvgIpc) is 2.39. The Bertz CT molecular complexity index is 532. The van der Waals surface area contributed by atoms with Gasteiger partial charge in [0, 0.05) is 12.6 Å². The van der Waals surface area contributed by atoms with E-state index in [1.165, 1.54) is 18.2 Å². The van der Waals surface area contributed by atoms with Gasteiger partial charge in [0.15, 0.2) is 0 Å². The highest BCUT2D eigenvalue weighted by Gasteiger charge is 2.30. The van der Waals surface area contributed by atoms with E-state index in [9.17, 15) is 17.9 Å². The van der Waals surface area contributed by atoms with Crippen molar-refractivity contribution in [1.29, 1.82) is 0 Å². The van der Waals surface area contributed by atoms with Crippen LogP contribution >= 0.6 is 0 Å². The van der Waals surface area contributed by atoms with E-state index in [2.05, 4.69) is 4.72 Å². The Morgan fingerprint density at radius 3 is 2.63 bits per heavy atom. The second-order valence-corrected chi connectivity index (χ2v) is 6.57. The number of halogens is 1. The first-order valence-electron chi connectivity index (χ1n) is 6.42. The number of hydrogen-bond donors (Lipinski definition) is 2. The fourth-order valence-corrected chi connectivity index (χ4v) is 3.93. The number of aliphatic hydroxyl groups is 1. The van der Waals surface area contributed by atoms with Crippen LogP contribution in [0.1, 0.15) is 25.7 Å². The van der Waals surface area contributed by atoms with Crippen LogP contribution in [0.4, 0.5) is 4.39 Å². The topological polar surface area (TPSA) is 66.4 Å². The summed E-state index contributed by atoms with van der Waals surface area (Å²) in [6, 6.07) is 4.99. The predicted octanol–water partition coefficient (Wildman–Crippen LogP) is 1.66. The molecule has 1 aliphatic carbocycles. The number of aliphatic hydroxyl groups excluding tert-OH is 1. The van der Waals surface area contributed by atoms with Gasteiger partial charge in [-0.05, 0) is 30.9 Å². The van der Waals surface area contributed by atoms with Gasteiger partial charge in [-0.25, -0.2) is 17.5 Å². The summed E-state index contributed by atoms with van der Waals surface area (Å²) in [6.45, 7) is -0.0511. The minimum absolute atomic E-state index is 0.0511. The zero-order valence-corrected chi connectivity index (χ0v) is 11.4. The summed E-state index contributed by atoms with van der Waals surface area (Å²) in [5.74, 6) is -0.846. The lowest BCUT2D eigenvalue weighted by atomic mass is 9.86. The Balaban J connectivity index is 2.19. The van der Waals surface area contributed by atoms with E-state index in [0.29, 0.717) is 6.42 Å². The first kappa shape index (κ1) is 14.4. The monoisotopic (exact) mass is 287 g/mol. The third-order valence-electron chi connectivity index (χ3n) is 3.58. The van der Waals surface area contributed by atoms with Crippen molar-refractivity contribution in [2.75, 3.05) is 6.61 Å². The van der Waals surface area contributed by atoms with Crippen LogP contribution < -0.4 is 4.72 Å². The molecule has 106 valence electrons. The summed E-state index contributed by atoms with van der Waals surface area (Å²) < 4.78 is 40.4. The molecule has 1 aliphatic rings. The minimum atomic E-state index is -3.87. The van der Waals surface area contributed by atoms with E-state index in [4.69, 9.17) is 0 Å². The molecule has 0 saturated heterocycles. The summed E-state index contributed by atoms with van der Waals surface area (Å²) in [7, 11) is -3.87. The van der Waals surface area contributed by atoms with Crippen molar-refractivity contribution in [3.63, 3.8) is 0 Å². The quantitative estimate of drug-likeness (QED) is 0.885. The Hall–Kier alpha value is -0.980. The van der Waals surface area contributed by atoms with E-state index in [-0.39, 0.29) is 23.5 Å². The molecule has 0 aliphatic heterocycles. The smallest absolute Gasteiger partial charge is 0.243 e. The zero-order valence-electron chi connectivity index (χ0n) is 10.5. The molecule has 0 spiro atoms. The Kier molecular flexibility index (Phi) is 4.54. The molecular weight excluding hydrogens is 269 g/mol. The first-order chi connectivity index (χ1) is 9.04. The third-order valence-corrected chi connectivity index (χ3v) is 5.10. The van der Waals surface area contributed by atoms with E-state index < -0.39 is 15.8 Å². The molecule has 1 saturated carbocycles. The van der Waals surface area contributed by atoms with Gasteiger partial charge in [-0.3, -0.25) is 0 Å². The van der Waals surface area contributed by atoms with Gasteiger partial charge < -0.3 is 5.11 Å². The van der Waals surface area contributed by atoms with Gasteiger partial charge in [-0.1, -0.05) is 25.0 Å². The van der Waals surface area contributed by atoms with Gasteiger partial charge in [0.1, 0.15) is 10.7 Å². The minimum Gasteiger partial charge on any atom is -0.396 e. The van der Waals surface area contributed by atoms with Crippen LogP contribution in [0.15, 0.2) is 29.2 Å². The molecular formula is C13H18FNO3S. The second kappa shape index (κ2) is 5.98. The molecule has 0 aromatic heterocycles. The van der Waals surface area contributed by atoms with E-state index in [1.54, 1.807) is 0 Å². The van der Waals surface area contributed by atoms with Gasteiger partial charge in [-0.15, -0.1) is 0 Å². The summed E-state index contributed by atoms with van der Waals surface area (Å²) in [5.41, 5.74) is 0. The van der Waals surface area contributed by atoms with Crippen molar-refractivity contribution in [2.24, 2.45) is 5.92 Å². The number of benzene rings is 1. The molecule has 2 unspecified atom stereocenters. The zero-order chi connectivity index (χ0) is 13.9. The van der Waals surface area contributed by atoms with E-state index in [1.807, 2.05) is 0 Å². The lowest BCUT2D eigenvalue weighted by molar-refractivity contribution is 0.164. The molecule has 1 aromatic rings. The van der Waals surface area contributed by atoms with E-state index in [0.717, 1.165) is 25.3 Å². The van der Waals surface area contributed by atoms with Crippen LogP contribution in [0.25, 0.3) is 0 Å². The molecule has 0 heterocycles. The van der Waals surface area contributed by atoms with Crippen molar-refractivity contribution in [1.82, 2.24) is 4.72 Å². The molecule has 0 amide bonds. The lowest BCUT2D eigenvalue weighted by Crippen LogP contribution is -2.43. The normalized spacial score (nSPS) is 24.3. The predicted molar refractivity (Wildman–Crippen MR) is 69.6 cm³/mol. The molecule has 2 rings (SSSR count). The lowest BCUT2D eigenvalue weighted by Gasteiger charge is -2.30. The third kappa shape index (κ3) is 3.32.